The number of hydrogen-bond acceptors (Lipinski definition) is 2. The van der Waals surface area contributed by atoms with Gasteiger partial charge in [0.15, 0.2) is 5.78 Å². The molecule has 0 saturated heterocycles. The van der Waals surface area contributed by atoms with Crippen molar-refractivity contribution in [3.8, 4) is 16.9 Å². The first-order valence-corrected chi connectivity index (χ1v) is 11.3. The average molecular weight is 532 g/mol. The molecule has 150 valence electrons. The molecule has 0 atom stereocenters. The minimum Gasteiger partial charge on any atom is -0.507 e. The third-order valence-electron chi connectivity index (χ3n) is 5.47. The van der Waals surface area contributed by atoms with E-state index in [9.17, 15) is 9.90 Å². The van der Waals surface area contributed by atoms with Crippen LogP contribution in [-0.4, -0.2) is 10.9 Å². The van der Waals surface area contributed by atoms with Gasteiger partial charge in [-0.05, 0) is 57.4 Å². The first-order chi connectivity index (χ1) is 15.0. The van der Waals surface area contributed by atoms with Crippen molar-refractivity contribution in [1.82, 2.24) is 0 Å². The standard InChI is InChI=1S/C27H16Br2O2/c28-19-9-11-21-17(13-19)7-4-8-23(21)25-22-12-10-20(29)14-18(22)15-24(27(25)31)26(30)16-5-2-1-3-6-16/h1-15,31H. The van der Waals surface area contributed by atoms with Gasteiger partial charge in [-0.3, -0.25) is 4.79 Å². The Bertz CT molecular complexity index is 1470. The van der Waals surface area contributed by atoms with Crippen LogP contribution in [0.4, 0.5) is 0 Å². The first kappa shape index (κ1) is 20.0. The normalized spacial score (nSPS) is 11.2. The van der Waals surface area contributed by atoms with E-state index in [4.69, 9.17) is 0 Å². The summed E-state index contributed by atoms with van der Waals surface area (Å²) >= 11 is 7.07. The monoisotopic (exact) mass is 530 g/mol. The van der Waals surface area contributed by atoms with Gasteiger partial charge in [-0.2, -0.15) is 0 Å². The van der Waals surface area contributed by atoms with Gasteiger partial charge in [-0.25, -0.2) is 0 Å². The van der Waals surface area contributed by atoms with E-state index in [0.717, 1.165) is 36.1 Å². The molecule has 0 amide bonds. The molecule has 5 rings (SSSR count). The Kier molecular flexibility index (Phi) is 5.12. The largest absolute Gasteiger partial charge is 0.507 e. The van der Waals surface area contributed by atoms with E-state index in [0.29, 0.717) is 16.7 Å². The molecule has 0 fully saturated rings. The highest BCUT2D eigenvalue weighted by molar-refractivity contribution is 9.10. The van der Waals surface area contributed by atoms with Crippen LogP contribution >= 0.6 is 31.9 Å². The zero-order valence-corrected chi connectivity index (χ0v) is 19.4. The maximum Gasteiger partial charge on any atom is 0.196 e. The number of phenolic OH excluding ortho intramolecular Hbond substituents is 1. The number of benzene rings is 5. The summed E-state index contributed by atoms with van der Waals surface area (Å²) in [6, 6.07) is 28.8. The van der Waals surface area contributed by atoms with Gasteiger partial charge in [-0.1, -0.05) is 92.5 Å². The van der Waals surface area contributed by atoms with Crippen molar-refractivity contribution in [3.63, 3.8) is 0 Å². The fourth-order valence-electron chi connectivity index (χ4n) is 4.03. The third kappa shape index (κ3) is 3.56. The molecular formula is C27H16Br2O2. The first-order valence-electron chi connectivity index (χ1n) is 9.76. The van der Waals surface area contributed by atoms with Crippen LogP contribution < -0.4 is 0 Å². The molecule has 5 aromatic rings. The van der Waals surface area contributed by atoms with Gasteiger partial charge in [0.05, 0.1) is 5.56 Å². The number of carbonyl (C=O) groups is 1. The lowest BCUT2D eigenvalue weighted by molar-refractivity contribution is 0.103. The lowest BCUT2D eigenvalue weighted by atomic mass is 9.89. The molecule has 0 aromatic heterocycles. The Morgan fingerprint density at radius 1 is 0.677 bits per heavy atom. The fourth-order valence-corrected chi connectivity index (χ4v) is 4.79. The van der Waals surface area contributed by atoms with Gasteiger partial charge in [0.2, 0.25) is 0 Å². The average Bonchev–Trinajstić information content (AvgIpc) is 2.78. The second-order valence-electron chi connectivity index (χ2n) is 7.38. The summed E-state index contributed by atoms with van der Waals surface area (Å²) in [4.78, 5) is 13.3. The second kappa shape index (κ2) is 7.95. The number of aromatic hydroxyl groups is 1. The summed E-state index contributed by atoms with van der Waals surface area (Å²) in [7, 11) is 0. The highest BCUT2D eigenvalue weighted by Crippen LogP contribution is 2.43. The summed E-state index contributed by atoms with van der Waals surface area (Å²) in [5.74, 6) is -0.205. The van der Waals surface area contributed by atoms with Crippen molar-refractivity contribution in [1.29, 1.82) is 0 Å². The molecule has 5 aromatic carbocycles. The molecule has 0 bridgehead atoms. The molecule has 31 heavy (non-hydrogen) atoms. The van der Waals surface area contributed by atoms with E-state index < -0.39 is 0 Å². The number of hydrogen-bond donors (Lipinski definition) is 1. The van der Waals surface area contributed by atoms with Gasteiger partial charge in [0, 0.05) is 20.1 Å². The van der Waals surface area contributed by atoms with Crippen LogP contribution in [0.15, 0.2) is 99.9 Å². The molecule has 0 heterocycles. The molecular weight excluding hydrogens is 516 g/mol. The van der Waals surface area contributed by atoms with E-state index in [1.54, 1.807) is 18.2 Å². The fraction of sp³-hybridized carbons (Fsp3) is 0. The molecule has 0 aliphatic heterocycles. The quantitative estimate of drug-likeness (QED) is 0.239. The Hall–Kier alpha value is -2.95. The molecule has 0 spiro atoms. The lowest BCUT2D eigenvalue weighted by Crippen LogP contribution is -2.03. The van der Waals surface area contributed by atoms with Crippen LogP contribution in [-0.2, 0) is 0 Å². The van der Waals surface area contributed by atoms with Crippen molar-refractivity contribution >= 4 is 59.2 Å². The number of fused-ring (bicyclic) bond motifs is 2. The van der Waals surface area contributed by atoms with Crippen molar-refractivity contribution in [2.45, 2.75) is 0 Å². The maximum atomic E-state index is 13.3. The zero-order valence-electron chi connectivity index (χ0n) is 16.3. The molecule has 0 aliphatic rings. The van der Waals surface area contributed by atoms with Crippen LogP contribution in [0, 0.1) is 0 Å². The van der Waals surface area contributed by atoms with Gasteiger partial charge in [0.1, 0.15) is 5.75 Å². The van der Waals surface area contributed by atoms with E-state index in [1.807, 2.05) is 72.8 Å². The summed E-state index contributed by atoms with van der Waals surface area (Å²) in [6.45, 7) is 0. The van der Waals surface area contributed by atoms with Crippen molar-refractivity contribution in [2.75, 3.05) is 0 Å². The maximum absolute atomic E-state index is 13.3. The van der Waals surface area contributed by atoms with E-state index in [1.165, 1.54) is 0 Å². The smallest absolute Gasteiger partial charge is 0.196 e. The molecule has 1 N–H and O–H groups in total. The molecule has 0 saturated carbocycles. The van der Waals surface area contributed by atoms with Crippen LogP contribution in [0.1, 0.15) is 15.9 Å². The molecule has 0 radical (unpaired) electrons. The summed E-state index contributed by atoms with van der Waals surface area (Å²) < 4.78 is 1.90. The second-order valence-corrected chi connectivity index (χ2v) is 9.21. The molecule has 4 heteroatoms. The van der Waals surface area contributed by atoms with Gasteiger partial charge in [-0.15, -0.1) is 0 Å². The predicted molar refractivity (Wildman–Crippen MR) is 134 cm³/mol. The summed E-state index contributed by atoms with van der Waals surface area (Å²) in [5.41, 5.74) is 2.38. The lowest BCUT2D eigenvalue weighted by Gasteiger charge is -2.16. The minimum absolute atomic E-state index is 0.000839. The predicted octanol–water partition coefficient (Wildman–Crippen LogP) is 8.12. The van der Waals surface area contributed by atoms with Crippen molar-refractivity contribution in [2.24, 2.45) is 0 Å². The Labute approximate surface area is 196 Å². The van der Waals surface area contributed by atoms with E-state index in [-0.39, 0.29) is 11.5 Å². The van der Waals surface area contributed by atoms with Gasteiger partial charge >= 0.3 is 0 Å². The van der Waals surface area contributed by atoms with Crippen LogP contribution in [0.2, 0.25) is 0 Å². The Morgan fingerprint density at radius 3 is 2.10 bits per heavy atom. The Balaban J connectivity index is 1.87. The highest BCUT2D eigenvalue weighted by atomic mass is 79.9. The zero-order chi connectivity index (χ0) is 21.5. The van der Waals surface area contributed by atoms with Crippen molar-refractivity contribution in [3.05, 3.63) is 111 Å². The number of phenols is 1. The van der Waals surface area contributed by atoms with Crippen LogP contribution in [0.5, 0.6) is 5.75 Å². The summed E-state index contributed by atoms with van der Waals surface area (Å²) in [5, 5.41) is 15.2. The molecule has 0 unspecified atom stereocenters. The Morgan fingerprint density at radius 2 is 1.35 bits per heavy atom. The summed E-state index contributed by atoms with van der Waals surface area (Å²) in [6.07, 6.45) is 0. The van der Waals surface area contributed by atoms with Gasteiger partial charge in [0.25, 0.3) is 0 Å². The topological polar surface area (TPSA) is 37.3 Å². The SMILES string of the molecule is O=C(c1ccccc1)c1cc2cc(Br)ccc2c(-c2cccc3cc(Br)ccc23)c1O. The van der Waals surface area contributed by atoms with Crippen molar-refractivity contribution < 1.29 is 9.90 Å². The van der Waals surface area contributed by atoms with Gasteiger partial charge < -0.3 is 5.11 Å². The highest BCUT2D eigenvalue weighted by Gasteiger charge is 2.21. The number of halogens is 2. The minimum atomic E-state index is -0.204. The molecule has 0 aliphatic carbocycles. The number of rotatable bonds is 3. The van der Waals surface area contributed by atoms with Crippen LogP contribution in [0.3, 0.4) is 0 Å². The molecule has 2 nitrogen and oxygen atoms in total. The third-order valence-corrected chi connectivity index (χ3v) is 6.45. The van der Waals surface area contributed by atoms with Crippen LogP contribution in [0.25, 0.3) is 32.7 Å². The number of carbonyl (C=O) groups excluding carboxylic acids is 1. The number of ketones is 1. The van der Waals surface area contributed by atoms with E-state index in [2.05, 4.69) is 31.9 Å². The van der Waals surface area contributed by atoms with E-state index >= 15 is 0 Å².